The number of aliphatic imine (C=N–C) groups is 1. The Labute approximate surface area is 181 Å². The van der Waals surface area contributed by atoms with Crippen LogP contribution in [-0.2, 0) is 34.0 Å². The fraction of sp³-hybridized carbons (Fsp3) is 0.591. The van der Waals surface area contributed by atoms with Crippen molar-refractivity contribution in [3.8, 4) is 0 Å². The van der Waals surface area contributed by atoms with Gasteiger partial charge in [-0.25, -0.2) is 0 Å². The molecule has 0 aromatic carbocycles. The minimum Gasteiger partial charge on any atom is -0.417 e. The molecule has 7 nitrogen and oxygen atoms in total. The second-order valence-corrected chi connectivity index (χ2v) is 7.99. The van der Waals surface area contributed by atoms with Crippen molar-refractivity contribution >= 4 is 11.8 Å². The van der Waals surface area contributed by atoms with Gasteiger partial charge < -0.3 is 19.3 Å². The number of methoxy groups -OCH3 is 1. The van der Waals surface area contributed by atoms with Gasteiger partial charge in [0.25, 0.3) is 0 Å². The van der Waals surface area contributed by atoms with Gasteiger partial charge in [-0.15, -0.1) is 0 Å². The zero-order valence-electron chi connectivity index (χ0n) is 18.5. The van der Waals surface area contributed by atoms with E-state index in [2.05, 4.69) is 14.7 Å². The summed E-state index contributed by atoms with van der Waals surface area (Å²) in [7, 11) is 1.64. The minimum atomic E-state index is -2.90. The van der Waals surface area contributed by atoms with Gasteiger partial charge in [0.15, 0.2) is 0 Å². The van der Waals surface area contributed by atoms with Crippen LogP contribution >= 0.6 is 0 Å². The minimum absolute atomic E-state index is 0.0694. The maximum absolute atomic E-state index is 12.8. The number of alkyl halides is 2. The molecule has 2 aliphatic rings. The van der Waals surface area contributed by atoms with E-state index in [4.69, 9.17) is 4.74 Å². The van der Waals surface area contributed by atoms with Gasteiger partial charge in [-0.1, -0.05) is 0 Å². The number of aromatic nitrogens is 1. The van der Waals surface area contributed by atoms with Crippen LogP contribution in [0, 0.1) is 12.8 Å². The van der Waals surface area contributed by atoms with Gasteiger partial charge in [-0.05, 0) is 38.0 Å². The number of fused-ring (bicyclic) bond motifs is 1. The largest absolute Gasteiger partial charge is 0.417 e. The summed E-state index contributed by atoms with van der Waals surface area (Å²) >= 11 is 0. The number of amides is 1. The molecule has 0 N–H and O–H groups in total. The molecule has 3 heterocycles. The number of hydrogen-bond acceptors (Lipinski definition) is 6. The summed E-state index contributed by atoms with van der Waals surface area (Å²) in [5.74, 6) is 0.284. The molecule has 0 radical (unpaired) electrons. The molecule has 0 atom stereocenters. The Hall–Kier alpha value is -2.55. The average molecular weight is 437 g/mol. The summed E-state index contributed by atoms with van der Waals surface area (Å²) in [4.78, 5) is 25.3. The van der Waals surface area contributed by atoms with E-state index in [1.54, 1.807) is 14.0 Å². The predicted octanol–water partition coefficient (Wildman–Crippen LogP) is 3.26. The Morgan fingerprint density at radius 1 is 1.35 bits per heavy atom. The number of allylic oxidation sites excluding steroid dienone is 1. The van der Waals surface area contributed by atoms with Crippen molar-refractivity contribution in [2.45, 2.75) is 53.5 Å². The van der Waals surface area contributed by atoms with Crippen LogP contribution in [0.2, 0.25) is 0 Å². The predicted molar refractivity (Wildman–Crippen MR) is 112 cm³/mol. The number of aryl methyl sites for hydroxylation is 1. The Kier molecular flexibility index (Phi) is 7.59. The molecule has 9 heteroatoms. The van der Waals surface area contributed by atoms with Crippen LogP contribution in [0.25, 0.3) is 0 Å². The highest BCUT2D eigenvalue weighted by atomic mass is 19.3. The first-order valence-corrected chi connectivity index (χ1v) is 10.5. The quantitative estimate of drug-likeness (QED) is 0.462. The van der Waals surface area contributed by atoms with Crippen molar-refractivity contribution in [2.24, 2.45) is 10.9 Å². The SMILES string of the molecule is CCN=C(/C=C(\C)N1CC(CC(=O)N2Cc3nc(COC)cc(C)c3C2)C1)OC(F)F. The van der Waals surface area contributed by atoms with Gasteiger partial charge in [0.2, 0.25) is 11.8 Å². The fourth-order valence-electron chi connectivity index (χ4n) is 4.01. The molecule has 170 valence electrons. The van der Waals surface area contributed by atoms with Crippen LogP contribution in [0.3, 0.4) is 0 Å². The van der Waals surface area contributed by atoms with Gasteiger partial charge in [-0.2, -0.15) is 8.78 Å². The van der Waals surface area contributed by atoms with Crippen molar-refractivity contribution in [2.75, 3.05) is 26.7 Å². The lowest BCUT2D eigenvalue weighted by Gasteiger charge is -2.41. The van der Waals surface area contributed by atoms with Gasteiger partial charge in [0.1, 0.15) is 0 Å². The van der Waals surface area contributed by atoms with Crippen molar-refractivity contribution in [3.05, 3.63) is 40.4 Å². The zero-order valence-corrected chi connectivity index (χ0v) is 18.5. The molecule has 3 rings (SSSR count). The smallest absolute Gasteiger partial charge is 0.388 e. The number of ether oxygens (including phenoxy) is 2. The lowest BCUT2D eigenvalue weighted by Crippen LogP contribution is -2.47. The third-order valence-electron chi connectivity index (χ3n) is 5.60. The number of pyridine rings is 1. The fourth-order valence-corrected chi connectivity index (χ4v) is 4.01. The van der Waals surface area contributed by atoms with E-state index in [1.807, 2.05) is 29.7 Å². The van der Waals surface area contributed by atoms with Crippen LogP contribution < -0.4 is 0 Å². The van der Waals surface area contributed by atoms with Crippen molar-refractivity contribution < 1.29 is 23.0 Å². The van der Waals surface area contributed by atoms with Gasteiger partial charge in [0.05, 0.1) is 24.5 Å². The Bertz CT molecular complexity index is 867. The molecule has 1 fully saturated rings. The zero-order chi connectivity index (χ0) is 22.5. The standard InChI is InChI=1S/C22H30F2N4O3/c1-5-25-20(31-22(23)24)7-15(3)27-9-16(10-27)8-21(29)28-11-18-14(2)6-17(13-30-4)26-19(18)12-28/h6-7,16,22H,5,8-13H2,1-4H3/b15-7+,25-20?. The number of likely N-dealkylation sites (tertiary alicyclic amines) is 1. The first-order valence-electron chi connectivity index (χ1n) is 10.5. The number of rotatable bonds is 8. The third-order valence-corrected chi connectivity index (χ3v) is 5.60. The van der Waals surface area contributed by atoms with E-state index in [0.29, 0.717) is 45.8 Å². The second-order valence-electron chi connectivity index (χ2n) is 7.99. The molecule has 0 spiro atoms. The Balaban J connectivity index is 1.51. The van der Waals surface area contributed by atoms with Crippen molar-refractivity contribution in [1.29, 1.82) is 0 Å². The van der Waals surface area contributed by atoms with E-state index in [1.165, 1.54) is 6.08 Å². The topological polar surface area (TPSA) is 67.3 Å². The molecule has 0 bridgehead atoms. The van der Waals surface area contributed by atoms with Crippen LogP contribution in [0.1, 0.15) is 42.8 Å². The van der Waals surface area contributed by atoms with E-state index in [0.717, 1.165) is 28.2 Å². The molecular formula is C22H30F2N4O3. The van der Waals surface area contributed by atoms with E-state index >= 15 is 0 Å². The molecule has 2 aliphatic heterocycles. The summed E-state index contributed by atoms with van der Waals surface area (Å²) in [6.45, 7) is 6.10. The monoisotopic (exact) mass is 436 g/mol. The van der Waals surface area contributed by atoms with Gasteiger partial charge in [-0.3, -0.25) is 14.8 Å². The Morgan fingerprint density at radius 2 is 2.10 bits per heavy atom. The van der Waals surface area contributed by atoms with Crippen LogP contribution in [0.15, 0.2) is 22.8 Å². The van der Waals surface area contributed by atoms with Crippen LogP contribution in [-0.4, -0.2) is 59.9 Å². The number of nitrogens with zero attached hydrogens (tertiary/aromatic N) is 4. The highest BCUT2D eigenvalue weighted by Gasteiger charge is 2.33. The maximum Gasteiger partial charge on any atom is 0.388 e. The number of carbonyl (C=O) groups is 1. The lowest BCUT2D eigenvalue weighted by molar-refractivity contribution is -0.134. The molecule has 0 unspecified atom stereocenters. The van der Waals surface area contributed by atoms with Crippen LogP contribution in [0.5, 0.6) is 0 Å². The molecule has 0 saturated carbocycles. The number of halogens is 2. The van der Waals surface area contributed by atoms with Crippen molar-refractivity contribution in [3.63, 3.8) is 0 Å². The molecule has 1 amide bonds. The Morgan fingerprint density at radius 3 is 2.74 bits per heavy atom. The highest BCUT2D eigenvalue weighted by Crippen LogP contribution is 2.29. The van der Waals surface area contributed by atoms with E-state index < -0.39 is 6.61 Å². The molecule has 0 aliphatic carbocycles. The van der Waals surface area contributed by atoms with Gasteiger partial charge >= 0.3 is 6.61 Å². The van der Waals surface area contributed by atoms with Gasteiger partial charge in [0, 0.05) is 57.4 Å². The normalized spacial score (nSPS) is 17.3. The summed E-state index contributed by atoms with van der Waals surface area (Å²) in [5.41, 5.74) is 4.90. The number of carbonyl (C=O) groups excluding carboxylic acids is 1. The summed E-state index contributed by atoms with van der Waals surface area (Å²) in [6.07, 6.45) is 1.99. The summed E-state index contributed by atoms with van der Waals surface area (Å²) in [5, 5.41) is 0. The first kappa shape index (κ1) is 23.1. The number of hydrogen-bond donors (Lipinski definition) is 0. The molecule has 1 saturated heterocycles. The second kappa shape index (κ2) is 10.2. The molecule has 1 aromatic rings. The van der Waals surface area contributed by atoms with Crippen LogP contribution in [0.4, 0.5) is 8.78 Å². The first-order chi connectivity index (χ1) is 14.8. The molecule has 1 aromatic heterocycles. The maximum atomic E-state index is 12.8. The third kappa shape index (κ3) is 5.78. The lowest BCUT2D eigenvalue weighted by atomic mass is 9.95. The van der Waals surface area contributed by atoms with Crippen molar-refractivity contribution in [1.82, 2.24) is 14.8 Å². The van der Waals surface area contributed by atoms with E-state index in [9.17, 15) is 13.6 Å². The average Bonchev–Trinajstić information content (AvgIpc) is 3.09. The highest BCUT2D eigenvalue weighted by molar-refractivity contribution is 5.88. The summed E-state index contributed by atoms with van der Waals surface area (Å²) < 4.78 is 34.6. The summed E-state index contributed by atoms with van der Waals surface area (Å²) in [6, 6.07) is 2.02. The molecule has 31 heavy (non-hydrogen) atoms. The van der Waals surface area contributed by atoms with E-state index in [-0.39, 0.29) is 17.7 Å². The molecular weight excluding hydrogens is 406 g/mol.